The quantitative estimate of drug-likeness (QED) is 0.612. The second-order valence-corrected chi connectivity index (χ2v) is 4.35. The zero-order valence-corrected chi connectivity index (χ0v) is 9.37. The maximum absolute atomic E-state index is 4.01. The fourth-order valence-corrected chi connectivity index (χ4v) is 2.08. The van der Waals surface area contributed by atoms with Crippen molar-refractivity contribution in [2.75, 3.05) is 5.75 Å². The summed E-state index contributed by atoms with van der Waals surface area (Å²) in [7, 11) is 1.96. The summed E-state index contributed by atoms with van der Waals surface area (Å²) >= 11 is 1.73. The highest BCUT2D eigenvalue weighted by atomic mass is 32.2. The van der Waals surface area contributed by atoms with E-state index in [1.54, 1.807) is 18.1 Å². The molecule has 6 heteroatoms. The van der Waals surface area contributed by atoms with Gasteiger partial charge in [-0.05, 0) is 18.4 Å². The summed E-state index contributed by atoms with van der Waals surface area (Å²) in [4.78, 5) is 0. The van der Waals surface area contributed by atoms with Gasteiger partial charge in [0.15, 0.2) is 5.16 Å². The van der Waals surface area contributed by atoms with Crippen molar-refractivity contribution in [3.8, 4) is 0 Å². The molecule has 0 aliphatic rings. The third kappa shape index (κ3) is 2.82. The first-order chi connectivity index (χ1) is 7.36. The highest BCUT2D eigenvalue weighted by Crippen LogP contribution is 2.15. The Bertz CT molecular complexity index is 394. The lowest BCUT2D eigenvalue weighted by Gasteiger charge is -1.99. The molecule has 2 rings (SSSR count). The minimum atomic E-state index is 0.974. The number of aromatic amines is 1. The van der Waals surface area contributed by atoms with Gasteiger partial charge in [-0.3, -0.25) is 5.10 Å². The van der Waals surface area contributed by atoms with Crippen LogP contribution in [0.25, 0.3) is 0 Å². The molecule has 0 unspecified atom stereocenters. The van der Waals surface area contributed by atoms with Crippen molar-refractivity contribution >= 4 is 11.8 Å². The third-order valence-corrected chi connectivity index (χ3v) is 3.19. The van der Waals surface area contributed by atoms with Gasteiger partial charge in [0, 0.05) is 19.0 Å². The predicted octanol–water partition coefficient (Wildman–Crippen LogP) is 1.26. The Labute approximate surface area is 92.3 Å². The van der Waals surface area contributed by atoms with Gasteiger partial charge in [0.2, 0.25) is 0 Å². The number of hydrogen-bond acceptors (Lipinski definition) is 4. The van der Waals surface area contributed by atoms with Gasteiger partial charge < -0.3 is 4.57 Å². The van der Waals surface area contributed by atoms with E-state index in [4.69, 9.17) is 0 Å². The first-order valence-corrected chi connectivity index (χ1v) is 5.79. The lowest BCUT2D eigenvalue weighted by Crippen LogP contribution is -1.91. The van der Waals surface area contributed by atoms with Gasteiger partial charge in [-0.15, -0.1) is 10.2 Å². The molecule has 0 atom stereocenters. The van der Waals surface area contributed by atoms with Crippen molar-refractivity contribution in [1.82, 2.24) is 25.0 Å². The number of hydrogen-bond donors (Lipinski definition) is 1. The van der Waals surface area contributed by atoms with Crippen LogP contribution >= 0.6 is 11.8 Å². The maximum Gasteiger partial charge on any atom is 0.190 e. The van der Waals surface area contributed by atoms with E-state index in [0.717, 1.165) is 23.8 Å². The Hall–Kier alpha value is -1.30. The van der Waals surface area contributed by atoms with E-state index in [1.807, 2.05) is 24.0 Å². The van der Waals surface area contributed by atoms with Crippen LogP contribution in [0.2, 0.25) is 0 Å². The van der Waals surface area contributed by atoms with Crippen LogP contribution in [0.5, 0.6) is 0 Å². The van der Waals surface area contributed by atoms with Crippen LogP contribution in [-0.4, -0.2) is 30.7 Å². The van der Waals surface area contributed by atoms with Crippen molar-refractivity contribution in [2.45, 2.75) is 18.0 Å². The second-order valence-electron chi connectivity index (χ2n) is 3.28. The molecule has 0 radical (unpaired) electrons. The van der Waals surface area contributed by atoms with Crippen molar-refractivity contribution in [3.05, 3.63) is 24.3 Å². The number of aryl methyl sites for hydroxylation is 2. The Morgan fingerprint density at radius 1 is 1.53 bits per heavy atom. The highest BCUT2D eigenvalue weighted by molar-refractivity contribution is 7.99. The van der Waals surface area contributed by atoms with E-state index in [1.165, 1.54) is 5.56 Å². The monoisotopic (exact) mass is 223 g/mol. The third-order valence-electron chi connectivity index (χ3n) is 2.07. The molecule has 80 valence electrons. The number of thioether (sulfide) groups is 1. The fourth-order valence-electron chi connectivity index (χ4n) is 1.26. The average molecular weight is 223 g/mol. The molecule has 5 nitrogen and oxygen atoms in total. The summed E-state index contributed by atoms with van der Waals surface area (Å²) < 4.78 is 1.93. The topological polar surface area (TPSA) is 59.4 Å². The zero-order chi connectivity index (χ0) is 10.5. The van der Waals surface area contributed by atoms with Gasteiger partial charge in [0.05, 0.1) is 6.20 Å². The summed E-state index contributed by atoms with van der Waals surface area (Å²) in [6.07, 6.45) is 7.71. The Morgan fingerprint density at radius 2 is 2.47 bits per heavy atom. The van der Waals surface area contributed by atoms with Crippen LogP contribution in [0.1, 0.15) is 12.0 Å². The van der Waals surface area contributed by atoms with Gasteiger partial charge in [0.1, 0.15) is 6.33 Å². The predicted molar refractivity (Wildman–Crippen MR) is 58.6 cm³/mol. The highest BCUT2D eigenvalue weighted by Gasteiger charge is 2.01. The van der Waals surface area contributed by atoms with Crippen LogP contribution in [0.3, 0.4) is 0 Å². The summed E-state index contributed by atoms with van der Waals surface area (Å²) in [5.41, 5.74) is 1.26. The first-order valence-electron chi connectivity index (χ1n) is 4.81. The van der Waals surface area contributed by atoms with Gasteiger partial charge in [-0.1, -0.05) is 11.8 Å². The molecule has 0 saturated heterocycles. The number of nitrogens with one attached hydrogen (secondary N) is 1. The molecular formula is C9H13N5S. The van der Waals surface area contributed by atoms with Gasteiger partial charge in [0.25, 0.3) is 0 Å². The minimum Gasteiger partial charge on any atom is -0.312 e. The Morgan fingerprint density at radius 3 is 3.13 bits per heavy atom. The van der Waals surface area contributed by atoms with E-state index in [2.05, 4.69) is 20.4 Å². The molecule has 1 N–H and O–H groups in total. The van der Waals surface area contributed by atoms with Crippen LogP contribution in [0.15, 0.2) is 23.9 Å². The molecule has 15 heavy (non-hydrogen) atoms. The van der Waals surface area contributed by atoms with Gasteiger partial charge in [-0.2, -0.15) is 5.10 Å². The molecule has 2 heterocycles. The normalized spacial score (nSPS) is 10.7. The lowest BCUT2D eigenvalue weighted by molar-refractivity contribution is 0.786. The standard InChI is InChI=1S/C9H13N5S/c1-14-7-12-13-9(14)15-4-2-3-8-5-10-11-6-8/h5-7H,2-4H2,1H3,(H,10,11). The molecule has 0 aliphatic heterocycles. The van der Waals surface area contributed by atoms with E-state index in [0.29, 0.717) is 0 Å². The van der Waals surface area contributed by atoms with Crippen molar-refractivity contribution in [1.29, 1.82) is 0 Å². The minimum absolute atomic E-state index is 0.974. The van der Waals surface area contributed by atoms with Crippen LogP contribution in [-0.2, 0) is 13.5 Å². The largest absolute Gasteiger partial charge is 0.312 e. The molecule has 0 bridgehead atoms. The Balaban J connectivity index is 1.70. The van der Waals surface area contributed by atoms with Crippen LogP contribution < -0.4 is 0 Å². The van der Waals surface area contributed by atoms with E-state index < -0.39 is 0 Å². The molecule has 0 aromatic carbocycles. The first kappa shape index (κ1) is 10.2. The van der Waals surface area contributed by atoms with E-state index in [-0.39, 0.29) is 0 Å². The second kappa shape index (κ2) is 4.97. The van der Waals surface area contributed by atoms with E-state index >= 15 is 0 Å². The smallest absolute Gasteiger partial charge is 0.190 e. The van der Waals surface area contributed by atoms with Crippen LogP contribution in [0.4, 0.5) is 0 Å². The molecule has 0 saturated carbocycles. The summed E-state index contributed by atoms with van der Waals surface area (Å²) in [5, 5.41) is 15.5. The number of H-pyrrole nitrogens is 1. The Kier molecular flexibility index (Phi) is 3.39. The molecule has 2 aromatic heterocycles. The van der Waals surface area contributed by atoms with Crippen molar-refractivity contribution in [3.63, 3.8) is 0 Å². The molecular weight excluding hydrogens is 210 g/mol. The average Bonchev–Trinajstić information content (AvgIpc) is 2.85. The zero-order valence-electron chi connectivity index (χ0n) is 8.55. The molecule has 0 amide bonds. The molecule has 2 aromatic rings. The van der Waals surface area contributed by atoms with Gasteiger partial charge in [-0.25, -0.2) is 0 Å². The maximum atomic E-state index is 4.01. The number of nitrogens with zero attached hydrogens (tertiary/aromatic N) is 4. The van der Waals surface area contributed by atoms with Crippen molar-refractivity contribution < 1.29 is 0 Å². The summed E-state index contributed by atoms with van der Waals surface area (Å²) in [6, 6.07) is 0. The number of aromatic nitrogens is 5. The van der Waals surface area contributed by atoms with E-state index in [9.17, 15) is 0 Å². The van der Waals surface area contributed by atoms with Crippen molar-refractivity contribution in [2.24, 2.45) is 7.05 Å². The number of rotatable bonds is 5. The lowest BCUT2D eigenvalue weighted by atomic mass is 10.2. The summed E-state index contributed by atoms with van der Waals surface area (Å²) in [6.45, 7) is 0. The SMILES string of the molecule is Cn1cnnc1SCCCc1cn[nH]c1. The fraction of sp³-hybridized carbons (Fsp3) is 0.444. The van der Waals surface area contributed by atoms with Crippen LogP contribution in [0, 0.1) is 0 Å². The molecule has 0 spiro atoms. The summed E-state index contributed by atoms with van der Waals surface area (Å²) in [5.74, 6) is 1.05. The molecule has 0 fully saturated rings. The van der Waals surface area contributed by atoms with Gasteiger partial charge >= 0.3 is 0 Å². The molecule has 0 aliphatic carbocycles.